The first kappa shape index (κ1) is 15.7. The second-order valence-electron chi connectivity index (χ2n) is 3.47. The summed E-state index contributed by atoms with van der Waals surface area (Å²) in [5.74, 6) is -4.23. The summed E-state index contributed by atoms with van der Waals surface area (Å²) in [7, 11) is 0. The van der Waals surface area contributed by atoms with Gasteiger partial charge in [-0.3, -0.25) is 0 Å². The molecule has 0 rings (SSSR count). The van der Waals surface area contributed by atoms with Gasteiger partial charge in [0.25, 0.3) is 0 Å². The average Bonchev–Trinajstić information content (AvgIpc) is 2.20. The van der Waals surface area contributed by atoms with Gasteiger partial charge in [-0.1, -0.05) is 19.8 Å². The Morgan fingerprint density at radius 2 is 1.94 bits per heavy atom. The van der Waals surface area contributed by atoms with Crippen molar-refractivity contribution < 1.29 is 32.6 Å². The van der Waals surface area contributed by atoms with Crippen LogP contribution in [0.15, 0.2) is 0 Å². The minimum absolute atomic E-state index is 0.165. The number of unbranched alkanes of at least 4 members (excludes halogenated alkanes) is 1. The molecule has 0 heterocycles. The van der Waals surface area contributed by atoms with Crippen molar-refractivity contribution in [3.05, 3.63) is 0 Å². The summed E-state index contributed by atoms with van der Waals surface area (Å²) < 4.78 is 39.5. The number of carbonyl (C=O) groups excluding carboxylic acids is 1. The Morgan fingerprint density at radius 3 is 2.29 bits per heavy atom. The molecule has 5 nitrogen and oxygen atoms in total. The number of carboxylic acid groups (broad SMARTS) is 1. The zero-order valence-corrected chi connectivity index (χ0v) is 9.16. The molecule has 3 N–H and O–H groups in total. The highest BCUT2D eigenvalue weighted by Crippen LogP contribution is 2.19. The number of nitrogens with two attached hydrogens (primary N) is 1. The fourth-order valence-corrected chi connectivity index (χ4v) is 1.09. The Morgan fingerprint density at radius 1 is 1.41 bits per heavy atom. The number of esters is 1. The van der Waals surface area contributed by atoms with Gasteiger partial charge >= 0.3 is 18.1 Å². The van der Waals surface area contributed by atoms with Crippen LogP contribution >= 0.6 is 0 Å². The number of halogens is 3. The minimum Gasteiger partial charge on any atom is -0.478 e. The van der Waals surface area contributed by atoms with Crippen LogP contribution in [0.4, 0.5) is 13.2 Å². The zero-order valence-electron chi connectivity index (χ0n) is 9.16. The van der Waals surface area contributed by atoms with E-state index in [-0.39, 0.29) is 6.42 Å². The predicted octanol–water partition coefficient (Wildman–Crippen LogP) is 1.06. The lowest BCUT2D eigenvalue weighted by Gasteiger charge is -2.20. The zero-order chi connectivity index (χ0) is 13.6. The monoisotopic (exact) mass is 257 g/mol. The van der Waals surface area contributed by atoms with E-state index in [1.807, 2.05) is 6.92 Å². The largest absolute Gasteiger partial charge is 0.490 e. The number of ether oxygens (including phenoxy) is 1. The molecule has 2 atom stereocenters. The fraction of sp³-hybridized carbons (Fsp3) is 0.778. The maximum absolute atomic E-state index is 11.9. The normalized spacial score (nSPS) is 15.1. The van der Waals surface area contributed by atoms with Crippen molar-refractivity contribution in [3.63, 3.8) is 0 Å². The topological polar surface area (TPSA) is 89.6 Å². The summed E-state index contributed by atoms with van der Waals surface area (Å²) in [4.78, 5) is 21.1. The fourth-order valence-electron chi connectivity index (χ4n) is 1.09. The molecule has 2 unspecified atom stereocenters. The molecule has 0 aliphatic rings. The van der Waals surface area contributed by atoms with Crippen LogP contribution in [0.2, 0.25) is 0 Å². The first-order valence-corrected chi connectivity index (χ1v) is 4.96. The van der Waals surface area contributed by atoms with Gasteiger partial charge in [0.05, 0.1) is 6.04 Å². The van der Waals surface area contributed by atoms with Crippen molar-refractivity contribution >= 4 is 11.9 Å². The van der Waals surface area contributed by atoms with Gasteiger partial charge in [-0.25, -0.2) is 9.59 Å². The molecule has 8 heteroatoms. The minimum atomic E-state index is -5.22. The van der Waals surface area contributed by atoms with E-state index in [0.29, 0.717) is 12.8 Å². The molecule has 0 aliphatic heterocycles. The van der Waals surface area contributed by atoms with Crippen LogP contribution in [0.5, 0.6) is 0 Å². The van der Waals surface area contributed by atoms with E-state index in [2.05, 4.69) is 4.74 Å². The highest BCUT2D eigenvalue weighted by molar-refractivity contribution is 5.81. The first-order chi connectivity index (χ1) is 7.70. The molecule has 100 valence electrons. The maximum atomic E-state index is 11.9. The van der Waals surface area contributed by atoms with Crippen LogP contribution in [-0.2, 0) is 14.3 Å². The molecule has 0 aliphatic carbocycles. The predicted molar refractivity (Wildman–Crippen MR) is 51.1 cm³/mol. The van der Waals surface area contributed by atoms with E-state index in [1.54, 1.807) is 0 Å². The molecule has 0 saturated heterocycles. The maximum Gasteiger partial charge on any atom is 0.490 e. The van der Waals surface area contributed by atoms with Gasteiger partial charge in [0, 0.05) is 0 Å². The van der Waals surface area contributed by atoms with Gasteiger partial charge < -0.3 is 15.6 Å². The van der Waals surface area contributed by atoms with Crippen molar-refractivity contribution in [3.8, 4) is 0 Å². The average molecular weight is 257 g/mol. The quantitative estimate of drug-likeness (QED) is 0.694. The Bertz CT molecular complexity index is 280. The van der Waals surface area contributed by atoms with Crippen LogP contribution in [-0.4, -0.2) is 35.4 Å². The van der Waals surface area contributed by atoms with E-state index in [4.69, 9.17) is 10.8 Å². The van der Waals surface area contributed by atoms with Gasteiger partial charge in [-0.2, -0.15) is 13.2 Å². The number of aliphatic carboxylic acids is 1. The van der Waals surface area contributed by atoms with Gasteiger partial charge in [0.15, 0.2) is 0 Å². The lowest BCUT2D eigenvalue weighted by Crippen LogP contribution is -2.45. The summed E-state index contributed by atoms with van der Waals surface area (Å²) in [6.07, 6.45) is -5.80. The SMILES string of the molecule is CCCCC(N)C(OC(=O)C(F)(F)F)C(=O)O. The van der Waals surface area contributed by atoms with E-state index in [9.17, 15) is 22.8 Å². The summed E-state index contributed by atoms with van der Waals surface area (Å²) in [6.45, 7) is 1.81. The summed E-state index contributed by atoms with van der Waals surface area (Å²) in [5.41, 5.74) is 5.37. The van der Waals surface area contributed by atoms with Gasteiger partial charge in [0.2, 0.25) is 6.10 Å². The summed E-state index contributed by atoms with van der Waals surface area (Å²) >= 11 is 0. The molecule has 0 saturated carbocycles. The molecule has 0 aromatic heterocycles. The number of carboxylic acids is 1. The smallest absolute Gasteiger partial charge is 0.478 e. The Hall–Kier alpha value is -1.31. The third-order valence-electron chi connectivity index (χ3n) is 1.99. The molecule has 0 bridgehead atoms. The van der Waals surface area contributed by atoms with Crippen LogP contribution in [0.3, 0.4) is 0 Å². The van der Waals surface area contributed by atoms with Crippen LogP contribution in [0.1, 0.15) is 26.2 Å². The lowest BCUT2D eigenvalue weighted by atomic mass is 10.1. The van der Waals surface area contributed by atoms with Crippen LogP contribution in [0.25, 0.3) is 0 Å². The first-order valence-electron chi connectivity index (χ1n) is 4.96. The number of rotatable bonds is 6. The van der Waals surface area contributed by atoms with Crippen molar-refractivity contribution in [2.45, 2.75) is 44.5 Å². The van der Waals surface area contributed by atoms with Crippen molar-refractivity contribution in [2.75, 3.05) is 0 Å². The number of hydrogen-bond acceptors (Lipinski definition) is 4. The van der Waals surface area contributed by atoms with Crippen LogP contribution < -0.4 is 5.73 Å². The van der Waals surface area contributed by atoms with E-state index in [1.165, 1.54) is 0 Å². The molecular weight excluding hydrogens is 243 g/mol. The van der Waals surface area contributed by atoms with E-state index < -0.39 is 30.3 Å². The Labute approximate surface area is 95.7 Å². The van der Waals surface area contributed by atoms with E-state index in [0.717, 1.165) is 0 Å². The van der Waals surface area contributed by atoms with Crippen molar-refractivity contribution in [2.24, 2.45) is 5.73 Å². The van der Waals surface area contributed by atoms with Crippen molar-refractivity contribution in [1.82, 2.24) is 0 Å². The molecule has 17 heavy (non-hydrogen) atoms. The third kappa shape index (κ3) is 5.53. The molecule has 0 spiro atoms. The van der Waals surface area contributed by atoms with Crippen molar-refractivity contribution in [1.29, 1.82) is 0 Å². The highest BCUT2D eigenvalue weighted by atomic mass is 19.4. The molecular formula is C9H14F3NO4. The highest BCUT2D eigenvalue weighted by Gasteiger charge is 2.44. The Kier molecular flexibility index (Phi) is 5.94. The second-order valence-corrected chi connectivity index (χ2v) is 3.47. The van der Waals surface area contributed by atoms with Gasteiger partial charge in [-0.05, 0) is 6.42 Å². The van der Waals surface area contributed by atoms with Gasteiger partial charge in [-0.15, -0.1) is 0 Å². The summed E-state index contributed by atoms with van der Waals surface area (Å²) in [6, 6.07) is -1.15. The summed E-state index contributed by atoms with van der Waals surface area (Å²) in [5, 5.41) is 8.63. The molecule has 0 aromatic rings. The number of alkyl halides is 3. The second kappa shape index (κ2) is 6.43. The van der Waals surface area contributed by atoms with Gasteiger partial charge in [0.1, 0.15) is 0 Å². The van der Waals surface area contributed by atoms with Crippen LogP contribution in [0, 0.1) is 0 Å². The van der Waals surface area contributed by atoms with E-state index >= 15 is 0 Å². The molecule has 0 fully saturated rings. The lowest BCUT2D eigenvalue weighted by molar-refractivity contribution is -0.208. The standard InChI is InChI=1S/C9H14F3NO4/c1-2-3-4-5(13)6(7(14)15)17-8(16)9(10,11)12/h5-6H,2-4,13H2,1H3,(H,14,15). The molecule has 0 aromatic carbocycles. The number of hydrogen-bond donors (Lipinski definition) is 2. The molecule has 0 amide bonds. The third-order valence-corrected chi connectivity index (χ3v) is 1.99. The number of carbonyl (C=O) groups is 2. The molecule has 0 radical (unpaired) electrons. The Balaban J connectivity index is 4.54.